The van der Waals surface area contributed by atoms with Crippen LogP contribution < -0.4 is 10.5 Å². The molecule has 2 rings (SSSR count). The number of nitrogens with two attached hydrogens (primary N) is 1. The number of nitrogens with zero attached hydrogens (tertiary/aromatic N) is 1. The zero-order valence-corrected chi connectivity index (χ0v) is 10.4. The molecule has 6 heteroatoms. The molecule has 0 radical (unpaired) electrons. The number of hydrogen-bond acceptors (Lipinski definition) is 3. The SMILES string of the molecule is NC1CCCCC1NS(=O)(=O)N1CCCC1. The number of hydrogen-bond donors (Lipinski definition) is 2. The second kappa shape index (κ2) is 5.00. The summed E-state index contributed by atoms with van der Waals surface area (Å²) < 4.78 is 28.3. The molecule has 2 aliphatic rings. The van der Waals surface area contributed by atoms with Crippen LogP contribution in [0.2, 0.25) is 0 Å². The summed E-state index contributed by atoms with van der Waals surface area (Å²) in [5, 5.41) is 0. The predicted molar refractivity (Wildman–Crippen MR) is 63.1 cm³/mol. The summed E-state index contributed by atoms with van der Waals surface area (Å²) >= 11 is 0. The van der Waals surface area contributed by atoms with Gasteiger partial charge in [0.1, 0.15) is 0 Å². The topological polar surface area (TPSA) is 75.4 Å². The highest BCUT2D eigenvalue weighted by molar-refractivity contribution is 7.87. The van der Waals surface area contributed by atoms with Crippen molar-refractivity contribution in [3.63, 3.8) is 0 Å². The second-order valence-electron chi connectivity index (χ2n) is 4.78. The monoisotopic (exact) mass is 247 g/mol. The van der Waals surface area contributed by atoms with Crippen molar-refractivity contribution in [2.45, 2.75) is 50.6 Å². The van der Waals surface area contributed by atoms with Crippen LogP contribution in [0.3, 0.4) is 0 Å². The Morgan fingerprint density at radius 3 is 2.31 bits per heavy atom. The van der Waals surface area contributed by atoms with Crippen molar-refractivity contribution < 1.29 is 8.42 Å². The molecule has 3 N–H and O–H groups in total. The summed E-state index contributed by atoms with van der Waals surface area (Å²) in [4.78, 5) is 0. The highest BCUT2D eigenvalue weighted by atomic mass is 32.2. The smallest absolute Gasteiger partial charge is 0.279 e. The Bertz CT molecular complexity index is 325. The molecule has 16 heavy (non-hydrogen) atoms. The van der Waals surface area contributed by atoms with Crippen molar-refractivity contribution >= 4 is 10.2 Å². The van der Waals surface area contributed by atoms with Crippen molar-refractivity contribution in [1.29, 1.82) is 0 Å². The maximum Gasteiger partial charge on any atom is 0.279 e. The van der Waals surface area contributed by atoms with Crippen LogP contribution >= 0.6 is 0 Å². The van der Waals surface area contributed by atoms with Crippen LogP contribution in [0.25, 0.3) is 0 Å². The summed E-state index contributed by atoms with van der Waals surface area (Å²) in [6.07, 6.45) is 5.92. The van der Waals surface area contributed by atoms with Crippen molar-refractivity contribution in [2.75, 3.05) is 13.1 Å². The van der Waals surface area contributed by atoms with Crippen LogP contribution in [-0.4, -0.2) is 37.9 Å². The number of rotatable bonds is 3. The van der Waals surface area contributed by atoms with E-state index < -0.39 is 10.2 Å². The largest absolute Gasteiger partial charge is 0.326 e. The fourth-order valence-electron chi connectivity index (χ4n) is 2.50. The van der Waals surface area contributed by atoms with Crippen molar-refractivity contribution in [3.8, 4) is 0 Å². The Morgan fingerprint density at radius 1 is 1.06 bits per heavy atom. The lowest BCUT2D eigenvalue weighted by Crippen LogP contribution is -2.52. The van der Waals surface area contributed by atoms with Gasteiger partial charge in [-0.3, -0.25) is 0 Å². The first kappa shape index (κ1) is 12.3. The zero-order valence-electron chi connectivity index (χ0n) is 9.56. The van der Waals surface area contributed by atoms with Crippen LogP contribution in [0.4, 0.5) is 0 Å². The lowest BCUT2D eigenvalue weighted by molar-refractivity contribution is 0.350. The molecule has 94 valence electrons. The molecular formula is C10H21N3O2S. The van der Waals surface area contributed by atoms with Gasteiger partial charge in [-0.15, -0.1) is 0 Å². The average Bonchev–Trinajstić information content (AvgIpc) is 2.75. The van der Waals surface area contributed by atoms with Crippen LogP contribution in [-0.2, 0) is 10.2 Å². The van der Waals surface area contributed by atoms with Crippen molar-refractivity contribution in [1.82, 2.24) is 9.03 Å². The predicted octanol–water partition coefficient (Wildman–Crippen LogP) is 0.187. The van der Waals surface area contributed by atoms with Crippen LogP contribution in [0, 0.1) is 0 Å². The van der Waals surface area contributed by atoms with E-state index >= 15 is 0 Å². The van der Waals surface area contributed by atoms with Crippen LogP contribution in [0.15, 0.2) is 0 Å². The van der Waals surface area contributed by atoms with E-state index in [1.165, 1.54) is 4.31 Å². The molecule has 0 aromatic rings. The highest BCUT2D eigenvalue weighted by Crippen LogP contribution is 2.19. The van der Waals surface area contributed by atoms with E-state index in [2.05, 4.69) is 4.72 Å². The minimum atomic E-state index is -3.29. The third kappa shape index (κ3) is 2.74. The summed E-state index contributed by atoms with van der Waals surface area (Å²) in [6.45, 7) is 1.30. The molecule has 0 amide bonds. The lowest BCUT2D eigenvalue weighted by Gasteiger charge is -2.30. The molecule has 2 atom stereocenters. The van der Waals surface area contributed by atoms with Gasteiger partial charge in [0.05, 0.1) is 0 Å². The maximum absolute atomic E-state index is 12.0. The van der Waals surface area contributed by atoms with E-state index in [0.717, 1.165) is 38.5 Å². The van der Waals surface area contributed by atoms with Gasteiger partial charge in [0, 0.05) is 25.2 Å². The Balaban J connectivity index is 1.96. The Labute approximate surface area is 97.6 Å². The summed E-state index contributed by atoms with van der Waals surface area (Å²) in [6, 6.07) is -0.0921. The third-order valence-electron chi connectivity index (χ3n) is 3.52. The van der Waals surface area contributed by atoms with E-state index in [4.69, 9.17) is 5.73 Å². The number of nitrogens with one attached hydrogen (secondary N) is 1. The van der Waals surface area contributed by atoms with Gasteiger partial charge < -0.3 is 5.73 Å². The molecule has 2 fully saturated rings. The first-order chi connectivity index (χ1) is 7.59. The Morgan fingerprint density at radius 2 is 1.69 bits per heavy atom. The maximum atomic E-state index is 12.0. The van der Waals surface area contributed by atoms with E-state index in [1.54, 1.807) is 0 Å². The fraction of sp³-hybridized carbons (Fsp3) is 1.00. The summed E-state index contributed by atoms with van der Waals surface area (Å²) in [7, 11) is -3.29. The Kier molecular flexibility index (Phi) is 3.84. The average molecular weight is 247 g/mol. The van der Waals surface area contributed by atoms with Gasteiger partial charge in [0.25, 0.3) is 10.2 Å². The highest BCUT2D eigenvalue weighted by Gasteiger charge is 2.31. The fourth-order valence-corrected chi connectivity index (χ4v) is 4.06. The summed E-state index contributed by atoms with van der Waals surface area (Å²) in [5.41, 5.74) is 5.94. The van der Waals surface area contributed by atoms with Crippen LogP contribution in [0.5, 0.6) is 0 Å². The quantitative estimate of drug-likeness (QED) is 0.747. The summed E-state index contributed by atoms with van der Waals surface area (Å²) in [5.74, 6) is 0. The van der Waals surface area contributed by atoms with E-state index in [0.29, 0.717) is 13.1 Å². The van der Waals surface area contributed by atoms with Crippen molar-refractivity contribution in [3.05, 3.63) is 0 Å². The Hall–Kier alpha value is -0.170. The minimum Gasteiger partial charge on any atom is -0.326 e. The standard InChI is InChI=1S/C10H21N3O2S/c11-9-5-1-2-6-10(9)12-16(14,15)13-7-3-4-8-13/h9-10,12H,1-8,11H2. The molecule has 1 heterocycles. The molecule has 5 nitrogen and oxygen atoms in total. The molecule has 0 spiro atoms. The second-order valence-corrected chi connectivity index (χ2v) is 6.49. The lowest BCUT2D eigenvalue weighted by atomic mass is 9.92. The van der Waals surface area contributed by atoms with Gasteiger partial charge in [0.2, 0.25) is 0 Å². The molecule has 0 bridgehead atoms. The van der Waals surface area contributed by atoms with Gasteiger partial charge in [-0.25, -0.2) is 0 Å². The molecule has 0 aromatic carbocycles. The first-order valence-corrected chi connectivity index (χ1v) is 7.56. The normalized spacial score (nSPS) is 33.1. The van der Waals surface area contributed by atoms with E-state index in [9.17, 15) is 8.42 Å². The molecule has 1 aliphatic carbocycles. The molecule has 1 aliphatic heterocycles. The van der Waals surface area contributed by atoms with Gasteiger partial charge in [0.15, 0.2) is 0 Å². The van der Waals surface area contributed by atoms with Gasteiger partial charge in [-0.05, 0) is 25.7 Å². The third-order valence-corrected chi connectivity index (χ3v) is 5.17. The molecule has 0 aromatic heterocycles. The van der Waals surface area contributed by atoms with Crippen LogP contribution in [0.1, 0.15) is 38.5 Å². The molecule has 1 saturated carbocycles. The van der Waals surface area contributed by atoms with Gasteiger partial charge >= 0.3 is 0 Å². The van der Waals surface area contributed by atoms with Gasteiger partial charge in [-0.1, -0.05) is 12.8 Å². The zero-order chi connectivity index (χ0) is 11.6. The molecule has 2 unspecified atom stereocenters. The van der Waals surface area contributed by atoms with Crippen molar-refractivity contribution in [2.24, 2.45) is 5.73 Å². The minimum absolute atomic E-state index is 0.0221. The van der Waals surface area contributed by atoms with E-state index in [1.807, 2.05) is 0 Å². The molecule has 1 saturated heterocycles. The first-order valence-electron chi connectivity index (χ1n) is 6.12. The van der Waals surface area contributed by atoms with E-state index in [-0.39, 0.29) is 12.1 Å². The van der Waals surface area contributed by atoms with Gasteiger partial charge in [-0.2, -0.15) is 17.4 Å². The molecular weight excluding hydrogens is 226 g/mol.